The number of hydrogen-bond donors (Lipinski definition) is 0. The molecule has 7 aromatic carbocycles. The van der Waals surface area contributed by atoms with Gasteiger partial charge in [0.25, 0.3) is 0 Å². The SMILES string of the molecule is c1ccc(-c2cc(-c3ccccc3)nc(-c3ccc(-c4cccc5c4C4(c6ccccc6Sc6ccccc64)c4ccccc4-5)cc3)n2)cc1. The number of rotatable bonds is 4. The Bertz CT molecular complexity index is 2450. The highest BCUT2D eigenvalue weighted by Gasteiger charge is 2.51. The highest BCUT2D eigenvalue weighted by molar-refractivity contribution is 7.99. The van der Waals surface area contributed by atoms with Crippen molar-refractivity contribution in [3.05, 3.63) is 204 Å². The van der Waals surface area contributed by atoms with E-state index in [1.165, 1.54) is 54.3 Å². The fraction of sp³-hybridized carbons (Fsp3) is 0.0213. The van der Waals surface area contributed by atoms with Crippen molar-refractivity contribution >= 4 is 11.8 Å². The molecule has 0 bridgehead atoms. The third-order valence-electron chi connectivity index (χ3n) is 10.2. The molecule has 234 valence electrons. The maximum atomic E-state index is 5.09. The zero-order chi connectivity index (χ0) is 33.1. The van der Waals surface area contributed by atoms with Crippen molar-refractivity contribution in [2.45, 2.75) is 15.2 Å². The van der Waals surface area contributed by atoms with Crippen LogP contribution in [0, 0.1) is 0 Å². The van der Waals surface area contributed by atoms with Crippen LogP contribution >= 0.6 is 11.8 Å². The van der Waals surface area contributed by atoms with E-state index in [2.05, 4.69) is 170 Å². The van der Waals surface area contributed by atoms with Gasteiger partial charge in [-0.05, 0) is 62.7 Å². The molecular formula is C47H30N2S. The largest absolute Gasteiger partial charge is 0.228 e. The van der Waals surface area contributed by atoms with Gasteiger partial charge in [0, 0.05) is 26.5 Å². The zero-order valence-electron chi connectivity index (χ0n) is 27.1. The standard InChI is InChI=1S/C47H30N2S/c1-3-14-32(15-4-1)41-30-42(33-16-5-2-6-17-33)49-46(48-41)34-28-26-31(27-29-34)35-19-13-20-37-36-18-7-8-21-38(36)47(45(35)37)39-22-9-11-24-43(39)50-44-25-12-10-23-40(44)47/h1-30H. The molecule has 2 aliphatic rings. The van der Waals surface area contributed by atoms with E-state index in [0.29, 0.717) is 5.82 Å². The Labute approximate surface area is 296 Å². The van der Waals surface area contributed by atoms with Gasteiger partial charge in [0.1, 0.15) is 0 Å². The molecule has 0 saturated carbocycles. The van der Waals surface area contributed by atoms with E-state index >= 15 is 0 Å². The summed E-state index contributed by atoms with van der Waals surface area (Å²) in [6.07, 6.45) is 0. The minimum absolute atomic E-state index is 0.433. The summed E-state index contributed by atoms with van der Waals surface area (Å²) >= 11 is 1.88. The van der Waals surface area contributed by atoms with Gasteiger partial charge in [-0.15, -0.1) is 0 Å². The van der Waals surface area contributed by atoms with Crippen molar-refractivity contribution in [2.24, 2.45) is 0 Å². The molecule has 2 heterocycles. The summed E-state index contributed by atoms with van der Waals surface area (Å²) in [6, 6.07) is 65.4. The van der Waals surface area contributed by atoms with Crippen LogP contribution in [0.5, 0.6) is 0 Å². The number of fused-ring (bicyclic) bond motifs is 9. The summed E-state index contributed by atoms with van der Waals surface area (Å²) in [5.41, 5.74) is 14.9. The van der Waals surface area contributed by atoms with Crippen LogP contribution < -0.4 is 0 Å². The maximum absolute atomic E-state index is 5.09. The van der Waals surface area contributed by atoms with Gasteiger partial charge in [-0.3, -0.25) is 0 Å². The average Bonchev–Trinajstić information content (AvgIpc) is 3.49. The Morgan fingerprint density at radius 2 is 0.840 bits per heavy atom. The average molecular weight is 655 g/mol. The van der Waals surface area contributed by atoms with Gasteiger partial charge in [-0.2, -0.15) is 0 Å². The first-order valence-corrected chi connectivity index (χ1v) is 17.8. The zero-order valence-corrected chi connectivity index (χ0v) is 27.9. The van der Waals surface area contributed by atoms with Crippen molar-refractivity contribution in [1.82, 2.24) is 9.97 Å². The second-order valence-corrected chi connectivity index (χ2v) is 14.0. The molecule has 8 aromatic rings. The molecular weight excluding hydrogens is 625 g/mol. The Morgan fingerprint density at radius 3 is 1.46 bits per heavy atom. The monoisotopic (exact) mass is 654 g/mol. The van der Waals surface area contributed by atoms with Gasteiger partial charge in [0.05, 0.1) is 16.8 Å². The van der Waals surface area contributed by atoms with Crippen molar-refractivity contribution < 1.29 is 0 Å². The Hall–Kier alpha value is -6.03. The topological polar surface area (TPSA) is 25.8 Å². The fourth-order valence-corrected chi connectivity index (χ4v) is 9.24. The highest BCUT2D eigenvalue weighted by Crippen LogP contribution is 2.63. The van der Waals surface area contributed by atoms with Crippen LogP contribution in [0.15, 0.2) is 192 Å². The summed E-state index contributed by atoms with van der Waals surface area (Å²) in [6.45, 7) is 0. The van der Waals surface area contributed by atoms with E-state index in [4.69, 9.17) is 9.97 Å². The number of hydrogen-bond acceptors (Lipinski definition) is 3. The van der Waals surface area contributed by atoms with Gasteiger partial charge in [-0.25, -0.2) is 9.97 Å². The van der Waals surface area contributed by atoms with Crippen LogP contribution in [0.2, 0.25) is 0 Å². The number of nitrogens with zero attached hydrogens (tertiary/aromatic N) is 2. The molecule has 0 saturated heterocycles. The molecule has 3 heteroatoms. The maximum Gasteiger partial charge on any atom is 0.160 e. The van der Waals surface area contributed by atoms with E-state index < -0.39 is 5.41 Å². The lowest BCUT2D eigenvalue weighted by atomic mass is 9.66. The van der Waals surface area contributed by atoms with Gasteiger partial charge in [0.2, 0.25) is 0 Å². The van der Waals surface area contributed by atoms with E-state index in [1.54, 1.807) is 0 Å². The quantitative estimate of drug-likeness (QED) is 0.189. The van der Waals surface area contributed by atoms with Crippen molar-refractivity contribution in [3.8, 4) is 56.2 Å². The molecule has 1 spiro atoms. The molecule has 1 aromatic heterocycles. The first kappa shape index (κ1) is 28.9. The Kier molecular flexibility index (Phi) is 6.68. The molecule has 1 aliphatic carbocycles. The smallest absolute Gasteiger partial charge is 0.160 e. The van der Waals surface area contributed by atoms with Crippen LogP contribution in [-0.2, 0) is 5.41 Å². The predicted molar refractivity (Wildman–Crippen MR) is 205 cm³/mol. The second-order valence-electron chi connectivity index (χ2n) is 12.9. The molecule has 0 amide bonds. The highest BCUT2D eigenvalue weighted by atomic mass is 32.2. The van der Waals surface area contributed by atoms with Crippen LogP contribution in [0.3, 0.4) is 0 Å². The van der Waals surface area contributed by atoms with Crippen LogP contribution in [0.1, 0.15) is 22.3 Å². The van der Waals surface area contributed by atoms with Crippen molar-refractivity contribution in [1.29, 1.82) is 0 Å². The molecule has 10 rings (SSSR count). The lowest BCUT2D eigenvalue weighted by Gasteiger charge is -2.40. The molecule has 0 radical (unpaired) electrons. The minimum Gasteiger partial charge on any atom is -0.228 e. The van der Waals surface area contributed by atoms with Gasteiger partial charge < -0.3 is 0 Å². The second kappa shape index (κ2) is 11.5. The summed E-state index contributed by atoms with van der Waals surface area (Å²) in [7, 11) is 0. The minimum atomic E-state index is -0.433. The van der Waals surface area contributed by atoms with Crippen molar-refractivity contribution in [3.63, 3.8) is 0 Å². The lowest BCUT2D eigenvalue weighted by Crippen LogP contribution is -2.32. The third-order valence-corrected chi connectivity index (χ3v) is 11.3. The predicted octanol–water partition coefficient (Wildman–Crippen LogP) is 12.0. The molecule has 0 atom stereocenters. The third kappa shape index (κ3) is 4.37. The Balaban J connectivity index is 1.16. The number of benzene rings is 7. The fourth-order valence-electron chi connectivity index (χ4n) is 8.04. The summed E-state index contributed by atoms with van der Waals surface area (Å²) in [5, 5.41) is 0. The molecule has 1 aliphatic heterocycles. The summed E-state index contributed by atoms with van der Waals surface area (Å²) in [4.78, 5) is 12.8. The van der Waals surface area contributed by atoms with Crippen LogP contribution in [0.25, 0.3) is 56.2 Å². The van der Waals surface area contributed by atoms with E-state index in [0.717, 1.165) is 28.1 Å². The van der Waals surface area contributed by atoms with Crippen LogP contribution in [-0.4, -0.2) is 9.97 Å². The van der Waals surface area contributed by atoms with Gasteiger partial charge >= 0.3 is 0 Å². The van der Waals surface area contributed by atoms with Crippen LogP contribution in [0.4, 0.5) is 0 Å². The molecule has 0 fully saturated rings. The molecule has 50 heavy (non-hydrogen) atoms. The molecule has 2 nitrogen and oxygen atoms in total. The summed E-state index contributed by atoms with van der Waals surface area (Å²) in [5.74, 6) is 0.714. The normalized spacial score (nSPS) is 13.3. The molecule has 0 N–H and O–H groups in total. The Morgan fingerprint density at radius 1 is 0.360 bits per heavy atom. The van der Waals surface area contributed by atoms with Gasteiger partial charge in [-0.1, -0.05) is 176 Å². The van der Waals surface area contributed by atoms with E-state index in [1.807, 2.05) is 23.9 Å². The van der Waals surface area contributed by atoms with Gasteiger partial charge in [0.15, 0.2) is 5.82 Å². The molecule has 0 unspecified atom stereocenters. The van der Waals surface area contributed by atoms with E-state index in [-0.39, 0.29) is 0 Å². The lowest BCUT2D eigenvalue weighted by molar-refractivity contribution is 0.724. The number of aromatic nitrogens is 2. The van der Waals surface area contributed by atoms with E-state index in [9.17, 15) is 0 Å². The first-order valence-electron chi connectivity index (χ1n) is 17.0. The first-order chi connectivity index (χ1) is 24.8. The van der Waals surface area contributed by atoms with Crippen molar-refractivity contribution in [2.75, 3.05) is 0 Å². The summed E-state index contributed by atoms with van der Waals surface area (Å²) < 4.78 is 0.